The van der Waals surface area contributed by atoms with Gasteiger partial charge < -0.3 is 10.2 Å². The van der Waals surface area contributed by atoms with E-state index in [-0.39, 0.29) is 5.91 Å². The van der Waals surface area contributed by atoms with Crippen LogP contribution in [0.3, 0.4) is 0 Å². The lowest BCUT2D eigenvalue weighted by molar-refractivity contribution is -0.133. The standard InChI is InChI=1S/C23H28N2O/c1-17(18-9-6-12-24-14-18)13-23(26)25-15-19-7-2-4-10-21(19)22-11-5-3-8-20(22)16-25/h2-5,7-8,10-11,17-18,24H,6,9,12-16H2,1H3. The highest BCUT2D eigenvalue weighted by molar-refractivity contribution is 5.79. The van der Waals surface area contributed by atoms with Crippen molar-refractivity contribution >= 4 is 5.91 Å². The number of hydrogen-bond acceptors (Lipinski definition) is 2. The number of nitrogens with one attached hydrogen (secondary N) is 1. The number of rotatable bonds is 3. The molecule has 2 aliphatic rings. The normalized spacial score (nSPS) is 20.7. The molecule has 3 heteroatoms. The maximum Gasteiger partial charge on any atom is 0.223 e. The van der Waals surface area contributed by atoms with Crippen LogP contribution in [0.15, 0.2) is 48.5 Å². The van der Waals surface area contributed by atoms with E-state index >= 15 is 0 Å². The highest BCUT2D eigenvalue weighted by Crippen LogP contribution is 2.33. The summed E-state index contributed by atoms with van der Waals surface area (Å²) in [6.45, 7) is 5.84. The molecule has 2 atom stereocenters. The molecule has 2 aromatic carbocycles. The van der Waals surface area contributed by atoms with Gasteiger partial charge in [-0.1, -0.05) is 55.5 Å². The van der Waals surface area contributed by atoms with Crippen LogP contribution < -0.4 is 5.32 Å². The molecule has 0 aliphatic carbocycles. The highest BCUT2D eigenvalue weighted by atomic mass is 16.2. The van der Waals surface area contributed by atoms with Crippen LogP contribution in [-0.2, 0) is 17.9 Å². The van der Waals surface area contributed by atoms with Gasteiger partial charge in [0.1, 0.15) is 0 Å². The predicted octanol–water partition coefficient (Wildman–Crippen LogP) is 4.22. The number of carbonyl (C=O) groups excluding carboxylic acids is 1. The third kappa shape index (κ3) is 3.54. The first kappa shape index (κ1) is 17.3. The monoisotopic (exact) mass is 348 g/mol. The Balaban J connectivity index is 1.55. The Hall–Kier alpha value is -2.13. The quantitative estimate of drug-likeness (QED) is 0.901. The predicted molar refractivity (Wildman–Crippen MR) is 106 cm³/mol. The molecule has 0 saturated carbocycles. The zero-order valence-electron chi connectivity index (χ0n) is 15.6. The summed E-state index contributed by atoms with van der Waals surface area (Å²) >= 11 is 0. The zero-order valence-corrected chi connectivity index (χ0v) is 15.6. The average Bonchev–Trinajstić information content (AvgIpc) is 2.85. The van der Waals surface area contributed by atoms with Crippen LogP contribution in [0.1, 0.15) is 37.3 Å². The third-order valence-electron chi connectivity index (χ3n) is 6.04. The molecule has 26 heavy (non-hydrogen) atoms. The topological polar surface area (TPSA) is 32.3 Å². The van der Waals surface area contributed by atoms with Gasteiger partial charge >= 0.3 is 0 Å². The minimum absolute atomic E-state index is 0.287. The van der Waals surface area contributed by atoms with E-state index < -0.39 is 0 Å². The van der Waals surface area contributed by atoms with Gasteiger partial charge in [-0.2, -0.15) is 0 Å². The van der Waals surface area contributed by atoms with Crippen molar-refractivity contribution in [3.63, 3.8) is 0 Å². The van der Waals surface area contributed by atoms with Gasteiger partial charge in [0.2, 0.25) is 5.91 Å². The van der Waals surface area contributed by atoms with Crippen LogP contribution in [0.2, 0.25) is 0 Å². The van der Waals surface area contributed by atoms with E-state index in [9.17, 15) is 4.79 Å². The van der Waals surface area contributed by atoms with Gasteiger partial charge in [-0.25, -0.2) is 0 Å². The number of benzene rings is 2. The molecule has 0 radical (unpaired) electrons. The van der Waals surface area contributed by atoms with Crippen LogP contribution in [0.4, 0.5) is 0 Å². The molecule has 2 aromatic rings. The van der Waals surface area contributed by atoms with Crippen LogP contribution in [0.25, 0.3) is 11.1 Å². The fraction of sp³-hybridized carbons (Fsp3) is 0.435. The average molecular weight is 348 g/mol. The Morgan fingerprint density at radius 3 is 2.27 bits per heavy atom. The van der Waals surface area contributed by atoms with E-state index in [1.807, 2.05) is 0 Å². The Bertz CT molecular complexity index is 732. The van der Waals surface area contributed by atoms with Crippen molar-refractivity contribution in [1.82, 2.24) is 10.2 Å². The van der Waals surface area contributed by atoms with Gasteiger partial charge in [-0.05, 0) is 60.0 Å². The Kier molecular flexibility index (Phi) is 5.07. The lowest BCUT2D eigenvalue weighted by atomic mass is 9.85. The Morgan fingerprint density at radius 1 is 1.08 bits per heavy atom. The molecular formula is C23H28N2O. The molecule has 2 aliphatic heterocycles. The number of carbonyl (C=O) groups is 1. The molecule has 1 N–H and O–H groups in total. The van der Waals surface area contributed by atoms with Crippen molar-refractivity contribution in [3.05, 3.63) is 59.7 Å². The summed E-state index contributed by atoms with van der Waals surface area (Å²) in [5.74, 6) is 1.35. The fourth-order valence-corrected chi connectivity index (χ4v) is 4.42. The molecule has 1 fully saturated rings. The molecule has 0 bridgehead atoms. The van der Waals surface area contributed by atoms with E-state index in [2.05, 4.69) is 65.7 Å². The van der Waals surface area contributed by atoms with Gasteiger partial charge in [0.15, 0.2) is 0 Å². The smallest absolute Gasteiger partial charge is 0.223 e. The molecular weight excluding hydrogens is 320 g/mol. The van der Waals surface area contributed by atoms with E-state index in [4.69, 9.17) is 0 Å². The second-order valence-electron chi connectivity index (χ2n) is 7.85. The van der Waals surface area contributed by atoms with Crippen molar-refractivity contribution in [2.24, 2.45) is 11.8 Å². The van der Waals surface area contributed by atoms with Crippen molar-refractivity contribution in [2.45, 2.75) is 39.3 Å². The molecule has 2 heterocycles. The maximum atomic E-state index is 13.1. The third-order valence-corrected chi connectivity index (χ3v) is 6.04. The minimum Gasteiger partial charge on any atom is -0.334 e. The summed E-state index contributed by atoms with van der Waals surface area (Å²) in [7, 11) is 0. The number of nitrogens with zero attached hydrogens (tertiary/aromatic N) is 1. The van der Waals surface area contributed by atoms with E-state index in [1.165, 1.54) is 35.1 Å². The van der Waals surface area contributed by atoms with Crippen molar-refractivity contribution in [2.75, 3.05) is 13.1 Å². The first-order chi connectivity index (χ1) is 12.7. The summed E-state index contributed by atoms with van der Waals surface area (Å²) in [6, 6.07) is 17.0. The van der Waals surface area contributed by atoms with Crippen LogP contribution >= 0.6 is 0 Å². The molecule has 0 aromatic heterocycles. The lowest BCUT2D eigenvalue weighted by Gasteiger charge is -2.30. The molecule has 136 valence electrons. The summed E-state index contributed by atoms with van der Waals surface area (Å²) in [4.78, 5) is 15.2. The molecule has 1 saturated heterocycles. The SMILES string of the molecule is CC(CC(=O)N1Cc2ccccc2-c2ccccc2C1)C1CCCNC1. The van der Waals surface area contributed by atoms with Gasteiger partial charge in [0.05, 0.1) is 0 Å². The van der Waals surface area contributed by atoms with E-state index in [0.717, 1.165) is 13.1 Å². The summed E-state index contributed by atoms with van der Waals surface area (Å²) in [5.41, 5.74) is 5.03. The highest BCUT2D eigenvalue weighted by Gasteiger charge is 2.26. The second-order valence-corrected chi connectivity index (χ2v) is 7.85. The van der Waals surface area contributed by atoms with Gasteiger partial charge in [0, 0.05) is 19.5 Å². The lowest BCUT2D eigenvalue weighted by Crippen LogP contribution is -2.36. The first-order valence-corrected chi connectivity index (χ1v) is 9.87. The molecule has 2 unspecified atom stereocenters. The van der Waals surface area contributed by atoms with Crippen molar-refractivity contribution in [1.29, 1.82) is 0 Å². The van der Waals surface area contributed by atoms with Crippen molar-refractivity contribution in [3.8, 4) is 11.1 Å². The maximum absolute atomic E-state index is 13.1. The largest absolute Gasteiger partial charge is 0.334 e. The van der Waals surface area contributed by atoms with E-state index in [1.54, 1.807) is 0 Å². The Labute approximate surface area is 156 Å². The van der Waals surface area contributed by atoms with Crippen LogP contribution in [0.5, 0.6) is 0 Å². The molecule has 1 amide bonds. The Morgan fingerprint density at radius 2 is 1.69 bits per heavy atom. The zero-order chi connectivity index (χ0) is 17.9. The first-order valence-electron chi connectivity index (χ1n) is 9.87. The van der Waals surface area contributed by atoms with Gasteiger partial charge in [-0.3, -0.25) is 4.79 Å². The second kappa shape index (κ2) is 7.63. The summed E-state index contributed by atoms with van der Waals surface area (Å²) < 4.78 is 0. The number of piperidine rings is 1. The number of fused-ring (bicyclic) bond motifs is 3. The van der Waals surface area contributed by atoms with Gasteiger partial charge in [0.25, 0.3) is 0 Å². The molecule has 4 rings (SSSR count). The van der Waals surface area contributed by atoms with Crippen LogP contribution in [0, 0.1) is 11.8 Å². The van der Waals surface area contributed by atoms with Crippen molar-refractivity contribution < 1.29 is 4.79 Å². The summed E-state index contributed by atoms with van der Waals surface area (Å²) in [5, 5.41) is 3.48. The fourth-order valence-electron chi connectivity index (χ4n) is 4.42. The van der Waals surface area contributed by atoms with Gasteiger partial charge in [-0.15, -0.1) is 0 Å². The summed E-state index contributed by atoms with van der Waals surface area (Å²) in [6.07, 6.45) is 3.12. The van der Waals surface area contributed by atoms with Crippen LogP contribution in [-0.4, -0.2) is 23.9 Å². The molecule has 0 spiro atoms. The molecule has 3 nitrogen and oxygen atoms in total. The number of amides is 1. The van der Waals surface area contributed by atoms with E-state index in [0.29, 0.717) is 31.3 Å². The minimum atomic E-state index is 0.287. The number of hydrogen-bond donors (Lipinski definition) is 1.